The highest BCUT2D eigenvalue weighted by molar-refractivity contribution is 6.07. The Kier molecular flexibility index (Phi) is 8.41. The first-order valence-electron chi connectivity index (χ1n) is 12.9. The smallest absolute Gasteiger partial charge is 0.258 e. The van der Waals surface area contributed by atoms with Crippen LogP contribution in [0.3, 0.4) is 0 Å². The van der Waals surface area contributed by atoms with Crippen LogP contribution in [0.25, 0.3) is 0 Å². The van der Waals surface area contributed by atoms with Gasteiger partial charge in [0.2, 0.25) is 0 Å². The van der Waals surface area contributed by atoms with Gasteiger partial charge in [0.1, 0.15) is 11.6 Å². The molecule has 1 amide bonds. The largest absolute Gasteiger partial charge is 0.508 e. The average molecular weight is 502 g/mol. The molecule has 0 bridgehead atoms. The topological polar surface area (TPSA) is 47.0 Å². The number of hydrogen-bond acceptors (Lipinski definition) is 4. The van der Waals surface area contributed by atoms with E-state index < -0.39 is 5.82 Å². The summed E-state index contributed by atoms with van der Waals surface area (Å²) < 4.78 is 14.7. The lowest BCUT2D eigenvalue weighted by Crippen LogP contribution is -2.57. The Morgan fingerprint density at radius 3 is 2.51 bits per heavy atom. The molecule has 1 aliphatic heterocycles. The lowest BCUT2D eigenvalue weighted by Gasteiger charge is -2.47. The van der Waals surface area contributed by atoms with E-state index in [9.17, 15) is 14.3 Å². The van der Waals surface area contributed by atoms with Crippen LogP contribution >= 0.6 is 0 Å². The SMILES string of the molecule is C=CCN1C[C@H](C)N([C@H](c2cccc(O)c2)c2ccccc2C(=O)N(CC)c2ccccc2F)C[C@H]1C. The van der Waals surface area contributed by atoms with Crippen LogP contribution in [0.15, 0.2) is 85.5 Å². The Bertz CT molecular complexity index is 1250. The monoisotopic (exact) mass is 501 g/mol. The molecule has 6 heteroatoms. The molecule has 3 atom stereocenters. The van der Waals surface area contributed by atoms with Gasteiger partial charge in [-0.3, -0.25) is 14.6 Å². The number of amides is 1. The van der Waals surface area contributed by atoms with Crippen LogP contribution in [0.5, 0.6) is 5.75 Å². The van der Waals surface area contributed by atoms with Crippen molar-refractivity contribution in [1.29, 1.82) is 0 Å². The standard InChI is InChI=1S/C31H36FN3O2/c1-5-18-33-20-23(4)35(21-22(33)3)30(24-12-11-13-25(36)19-24)26-14-7-8-15-27(26)31(37)34(6-2)29-17-10-9-16-28(29)32/h5,7-17,19,22-23,30,36H,1,6,18,20-21H2,2-4H3/t22-,23+,30-/m1/s1. The van der Waals surface area contributed by atoms with Gasteiger partial charge in [0, 0.05) is 43.8 Å². The Labute approximate surface area is 219 Å². The summed E-state index contributed by atoms with van der Waals surface area (Å²) in [5, 5.41) is 10.4. The van der Waals surface area contributed by atoms with Crippen molar-refractivity contribution in [2.24, 2.45) is 0 Å². The van der Waals surface area contributed by atoms with E-state index in [1.165, 1.54) is 11.0 Å². The first-order chi connectivity index (χ1) is 17.8. The second-order valence-corrected chi connectivity index (χ2v) is 9.72. The summed E-state index contributed by atoms with van der Waals surface area (Å²) in [6.07, 6.45) is 1.93. The van der Waals surface area contributed by atoms with Gasteiger partial charge in [-0.1, -0.05) is 48.5 Å². The molecule has 0 spiro atoms. The maximum Gasteiger partial charge on any atom is 0.258 e. The van der Waals surface area contributed by atoms with E-state index in [1.807, 2.05) is 49.4 Å². The molecule has 0 aromatic heterocycles. The number of halogens is 1. The van der Waals surface area contributed by atoms with Gasteiger partial charge in [-0.2, -0.15) is 0 Å². The predicted molar refractivity (Wildman–Crippen MR) is 148 cm³/mol. The number of para-hydroxylation sites is 1. The molecule has 0 aliphatic carbocycles. The van der Waals surface area contributed by atoms with Gasteiger partial charge in [0.25, 0.3) is 5.91 Å². The zero-order valence-electron chi connectivity index (χ0n) is 21.8. The molecule has 4 rings (SSSR count). The third kappa shape index (κ3) is 5.60. The van der Waals surface area contributed by atoms with Gasteiger partial charge >= 0.3 is 0 Å². The van der Waals surface area contributed by atoms with Crippen LogP contribution in [0.4, 0.5) is 10.1 Å². The molecule has 3 aromatic rings. The normalized spacial score (nSPS) is 19.4. The second-order valence-electron chi connectivity index (χ2n) is 9.72. The number of carbonyl (C=O) groups excluding carboxylic acids is 1. The zero-order chi connectivity index (χ0) is 26.5. The van der Waals surface area contributed by atoms with E-state index in [0.717, 1.165) is 30.8 Å². The van der Waals surface area contributed by atoms with Gasteiger partial charge < -0.3 is 10.0 Å². The van der Waals surface area contributed by atoms with E-state index in [4.69, 9.17) is 0 Å². The quantitative estimate of drug-likeness (QED) is 0.392. The Hall–Kier alpha value is -3.48. The van der Waals surface area contributed by atoms with Gasteiger partial charge in [-0.25, -0.2) is 4.39 Å². The highest BCUT2D eigenvalue weighted by atomic mass is 19.1. The average Bonchev–Trinajstić information content (AvgIpc) is 2.89. The molecule has 37 heavy (non-hydrogen) atoms. The number of phenols is 1. The molecular weight excluding hydrogens is 465 g/mol. The summed E-state index contributed by atoms with van der Waals surface area (Å²) >= 11 is 0. The van der Waals surface area contributed by atoms with Crippen LogP contribution in [0, 0.1) is 5.82 Å². The summed E-state index contributed by atoms with van der Waals surface area (Å²) in [4.78, 5) is 20.3. The molecule has 1 heterocycles. The van der Waals surface area contributed by atoms with Gasteiger partial charge in [0.15, 0.2) is 0 Å². The molecule has 0 unspecified atom stereocenters. The fourth-order valence-electron chi connectivity index (χ4n) is 5.42. The van der Waals surface area contributed by atoms with E-state index in [-0.39, 0.29) is 35.5 Å². The van der Waals surface area contributed by atoms with Crippen molar-refractivity contribution in [2.45, 2.75) is 38.9 Å². The number of carbonyl (C=O) groups is 1. The summed E-state index contributed by atoms with van der Waals surface area (Å²) in [5.74, 6) is -0.501. The summed E-state index contributed by atoms with van der Waals surface area (Å²) in [6.45, 7) is 12.9. The number of aromatic hydroxyl groups is 1. The fraction of sp³-hybridized carbons (Fsp3) is 0.323. The third-order valence-corrected chi connectivity index (χ3v) is 7.23. The predicted octanol–water partition coefficient (Wildman–Crippen LogP) is 5.87. The lowest BCUT2D eigenvalue weighted by molar-refractivity contribution is 0.0304. The molecule has 1 N–H and O–H groups in total. The molecule has 5 nitrogen and oxygen atoms in total. The fourth-order valence-corrected chi connectivity index (χ4v) is 5.42. The maximum atomic E-state index is 14.7. The first kappa shape index (κ1) is 26.6. The Balaban J connectivity index is 1.81. The molecule has 0 radical (unpaired) electrons. The highest BCUT2D eigenvalue weighted by Crippen LogP contribution is 2.37. The van der Waals surface area contributed by atoms with Crippen molar-refractivity contribution in [2.75, 3.05) is 31.1 Å². The first-order valence-corrected chi connectivity index (χ1v) is 12.9. The number of nitrogens with zero attached hydrogens (tertiary/aromatic N) is 3. The number of hydrogen-bond donors (Lipinski definition) is 1. The van der Waals surface area contributed by atoms with Crippen molar-refractivity contribution < 1.29 is 14.3 Å². The highest BCUT2D eigenvalue weighted by Gasteiger charge is 2.36. The van der Waals surface area contributed by atoms with Crippen LogP contribution in [-0.4, -0.2) is 59.1 Å². The summed E-state index contributed by atoms with van der Waals surface area (Å²) in [5.41, 5.74) is 2.53. The number of anilines is 1. The number of piperazine rings is 1. The Morgan fingerprint density at radius 2 is 1.81 bits per heavy atom. The van der Waals surface area contributed by atoms with Crippen molar-refractivity contribution in [1.82, 2.24) is 9.80 Å². The van der Waals surface area contributed by atoms with E-state index in [2.05, 4.69) is 30.2 Å². The van der Waals surface area contributed by atoms with Crippen LogP contribution < -0.4 is 4.90 Å². The Morgan fingerprint density at radius 1 is 1.08 bits per heavy atom. The van der Waals surface area contributed by atoms with Crippen LogP contribution in [-0.2, 0) is 0 Å². The van der Waals surface area contributed by atoms with Crippen LogP contribution in [0.2, 0.25) is 0 Å². The molecule has 0 saturated carbocycles. The lowest BCUT2D eigenvalue weighted by atomic mass is 9.90. The second kappa shape index (κ2) is 11.7. The molecular formula is C31H36FN3O2. The van der Waals surface area contributed by atoms with E-state index >= 15 is 0 Å². The molecule has 3 aromatic carbocycles. The number of rotatable bonds is 8. The van der Waals surface area contributed by atoms with Crippen molar-refractivity contribution >= 4 is 11.6 Å². The summed E-state index contributed by atoms with van der Waals surface area (Å²) in [6, 6.07) is 21.4. The molecule has 194 valence electrons. The molecule has 1 saturated heterocycles. The van der Waals surface area contributed by atoms with Gasteiger partial charge in [0.05, 0.1) is 11.7 Å². The maximum absolute atomic E-state index is 14.7. The minimum atomic E-state index is -0.430. The molecule has 1 fully saturated rings. The van der Waals surface area contributed by atoms with Crippen molar-refractivity contribution in [3.63, 3.8) is 0 Å². The minimum absolute atomic E-state index is 0.179. The third-order valence-electron chi connectivity index (χ3n) is 7.23. The number of benzene rings is 3. The van der Waals surface area contributed by atoms with E-state index in [1.54, 1.807) is 30.3 Å². The zero-order valence-corrected chi connectivity index (χ0v) is 21.8. The number of phenolic OH excluding ortho intramolecular Hbond substituents is 1. The molecule has 1 aliphatic rings. The van der Waals surface area contributed by atoms with Crippen molar-refractivity contribution in [3.8, 4) is 5.75 Å². The van der Waals surface area contributed by atoms with Gasteiger partial charge in [-0.15, -0.1) is 6.58 Å². The van der Waals surface area contributed by atoms with Crippen LogP contribution in [0.1, 0.15) is 48.3 Å². The summed E-state index contributed by atoms with van der Waals surface area (Å²) in [7, 11) is 0. The van der Waals surface area contributed by atoms with Gasteiger partial charge in [-0.05, 0) is 62.2 Å². The minimum Gasteiger partial charge on any atom is -0.508 e. The van der Waals surface area contributed by atoms with E-state index in [0.29, 0.717) is 12.1 Å². The van der Waals surface area contributed by atoms with Crippen molar-refractivity contribution in [3.05, 3.63) is 108 Å².